The highest BCUT2D eigenvalue weighted by atomic mass is 79.9. The summed E-state index contributed by atoms with van der Waals surface area (Å²) < 4.78 is 27.7. The van der Waals surface area contributed by atoms with Gasteiger partial charge in [-0.05, 0) is 36.6 Å². The number of sulfonamides is 1. The van der Waals surface area contributed by atoms with Crippen molar-refractivity contribution in [1.82, 2.24) is 4.72 Å². The van der Waals surface area contributed by atoms with Gasteiger partial charge in [0.25, 0.3) is 0 Å². The number of rotatable bonds is 6. The second kappa shape index (κ2) is 7.06. The first-order valence-electron chi connectivity index (χ1n) is 6.58. The van der Waals surface area contributed by atoms with Gasteiger partial charge in [0.15, 0.2) is 0 Å². The molecule has 0 bridgehead atoms. The van der Waals surface area contributed by atoms with Crippen molar-refractivity contribution in [3.63, 3.8) is 0 Å². The van der Waals surface area contributed by atoms with E-state index in [-0.39, 0.29) is 10.6 Å². The van der Waals surface area contributed by atoms with Crippen molar-refractivity contribution in [2.24, 2.45) is 0 Å². The number of aryl methyl sites for hydroxylation is 1. The molecule has 0 amide bonds. The summed E-state index contributed by atoms with van der Waals surface area (Å²) in [7, 11) is -3.57. The first-order chi connectivity index (χ1) is 9.99. The molecule has 4 nitrogen and oxygen atoms in total. The molecule has 0 spiro atoms. The summed E-state index contributed by atoms with van der Waals surface area (Å²) >= 11 is 3.25. The van der Waals surface area contributed by atoms with E-state index in [9.17, 15) is 8.42 Å². The van der Waals surface area contributed by atoms with Crippen LogP contribution < -0.4 is 10.5 Å². The third kappa shape index (κ3) is 4.56. The van der Waals surface area contributed by atoms with Gasteiger partial charge in [0.1, 0.15) is 4.90 Å². The minimum atomic E-state index is -3.57. The maximum atomic E-state index is 12.2. The Balaban J connectivity index is 1.94. The predicted molar refractivity (Wildman–Crippen MR) is 88.5 cm³/mol. The first kappa shape index (κ1) is 16.0. The number of nitrogens with two attached hydrogens (primary N) is 1. The highest BCUT2D eigenvalue weighted by Gasteiger charge is 2.17. The Kier molecular flexibility index (Phi) is 5.39. The Hall–Kier alpha value is -1.37. The lowest BCUT2D eigenvalue weighted by Gasteiger charge is -2.09. The maximum absolute atomic E-state index is 12.2. The third-order valence-electron chi connectivity index (χ3n) is 3.04. The number of anilines is 1. The van der Waals surface area contributed by atoms with Crippen LogP contribution >= 0.6 is 15.9 Å². The monoisotopic (exact) mass is 368 g/mol. The molecule has 2 aromatic carbocycles. The second-order valence-corrected chi connectivity index (χ2v) is 7.32. The van der Waals surface area contributed by atoms with Gasteiger partial charge >= 0.3 is 0 Å². The van der Waals surface area contributed by atoms with Crippen molar-refractivity contribution in [2.75, 3.05) is 12.3 Å². The number of benzene rings is 2. The summed E-state index contributed by atoms with van der Waals surface area (Å²) in [6.07, 6.45) is 1.56. The van der Waals surface area contributed by atoms with Crippen molar-refractivity contribution in [3.05, 3.63) is 58.6 Å². The van der Waals surface area contributed by atoms with Crippen LogP contribution in [0.1, 0.15) is 12.0 Å². The maximum Gasteiger partial charge on any atom is 0.242 e. The zero-order chi connectivity index (χ0) is 15.3. The van der Waals surface area contributed by atoms with Gasteiger partial charge in [-0.3, -0.25) is 0 Å². The van der Waals surface area contributed by atoms with Gasteiger partial charge in [-0.15, -0.1) is 0 Å². The van der Waals surface area contributed by atoms with Gasteiger partial charge in [-0.25, -0.2) is 13.1 Å². The molecule has 0 aliphatic rings. The quantitative estimate of drug-likeness (QED) is 0.608. The van der Waals surface area contributed by atoms with Crippen molar-refractivity contribution in [3.8, 4) is 0 Å². The Morgan fingerprint density at radius 1 is 1.10 bits per heavy atom. The summed E-state index contributed by atoms with van der Waals surface area (Å²) in [5.41, 5.74) is 7.17. The second-order valence-electron chi connectivity index (χ2n) is 4.67. The molecule has 0 aliphatic heterocycles. The summed E-state index contributed by atoms with van der Waals surface area (Å²) in [5, 5.41) is 0. The summed E-state index contributed by atoms with van der Waals surface area (Å²) in [6.45, 7) is 0.378. The SMILES string of the molecule is Nc1ccc(Br)cc1S(=O)(=O)NCCCc1ccccc1. The van der Waals surface area contributed by atoms with Crippen LogP contribution in [0.3, 0.4) is 0 Å². The van der Waals surface area contributed by atoms with E-state index in [4.69, 9.17) is 5.73 Å². The number of nitrogens with one attached hydrogen (secondary N) is 1. The molecule has 6 heteroatoms. The van der Waals surface area contributed by atoms with Crippen LogP contribution in [0.2, 0.25) is 0 Å². The Morgan fingerprint density at radius 3 is 2.52 bits per heavy atom. The minimum Gasteiger partial charge on any atom is -0.398 e. The fourth-order valence-corrected chi connectivity index (χ4v) is 3.70. The van der Waals surface area contributed by atoms with Gasteiger partial charge in [0.05, 0.1) is 5.69 Å². The predicted octanol–water partition coefficient (Wildman–Crippen LogP) is 2.94. The molecule has 0 saturated heterocycles. The molecule has 0 aromatic heterocycles. The van der Waals surface area contributed by atoms with E-state index in [1.807, 2.05) is 30.3 Å². The zero-order valence-electron chi connectivity index (χ0n) is 11.4. The Bertz CT molecular complexity index is 703. The van der Waals surface area contributed by atoms with Crippen LogP contribution in [0.5, 0.6) is 0 Å². The standard InChI is InChI=1S/C15H17BrN2O2S/c16-13-8-9-14(17)15(11-13)21(19,20)18-10-4-7-12-5-2-1-3-6-12/h1-3,5-6,8-9,11,18H,4,7,10,17H2. The van der Waals surface area contributed by atoms with Crippen molar-refractivity contribution in [1.29, 1.82) is 0 Å². The normalized spacial score (nSPS) is 11.5. The van der Waals surface area contributed by atoms with Crippen LogP contribution in [0.4, 0.5) is 5.69 Å². The van der Waals surface area contributed by atoms with Gasteiger partial charge in [0.2, 0.25) is 10.0 Å². The Morgan fingerprint density at radius 2 is 1.81 bits per heavy atom. The molecule has 0 aliphatic carbocycles. The molecule has 0 radical (unpaired) electrons. The number of nitrogen functional groups attached to an aromatic ring is 1. The topological polar surface area (TPSA) is 72.2 Å². The number of halogens is 1. The van der Waals surface area contributed by atoms with E-state index in [0.717, 1.165) is 12.8 Å². The number of hydrogen-bond acceptors (Lipinski definition) is 3. The molecule has 0 heterocycles. The molecule has 3 N–H and O–H groups in total. The highest BCUT2D eigenvalue weighted by Crippen LogP contribution is 2.22. The molecule has 0 atom stereocenters. The van der Waals surface area contributed by atoms with Crippen molar-refractivity contribution >= 4 is 31.6 Å². The summed E-state index contributed by atoms with van der Waals surface area (Å²) in [4.78, 5) is 0.108. The van der Waals surface area contributed by atoms with Gasteiger partial charge < -0.3 is 5.73 Å². The number of hydrogen-bond donors (Lipinski definition) is 2. The van der Waals surface area contributed by atoms with E-state index < -0.39 is 10.0 Å². The van der Waals surface area contributed by atoms with E-state index in [1.54, 1.807) is 12.1 Å². The van der Waals surface area contributed by atoms with Gasteiger partial charge in [-0.1, -0.05) is 46.3 Å². The van der Waals surface area contributed by atoms with Crippen LogP contribution in [-0.4, -0.2) is 15.0 Å². The van der Waals surface area contributed by atoms with Crippen LogP contribution in [0.25, 0.3) is 0 Å². The lowest BCUT2D eigenvalue weighted by molar-refractivity contribution is 0.579. The van der Waals surface area contributed by atoms with E-state index in [0.29, 0.717) is 11.0 Å². The lowest BCUT2D eigenvalue weighted by atomic mass is 10.1. The largest absolute Gasteiger partial charge is 0.398 e. The van der Waals surface area contributed by atoms with E-state index >= 15 is 0 Å². The van der Waals surface area contributed by atoms with Crippen LogP contribution in [0, 0.1) is 0 Å². The molecule has 0 fully saturated rings. The van der Waals surface area contributed by atoms with E-state index in [2.05, 4.69) is 20.7 Å². The smallest absolute Gasteiger partial charge is 0.242 e. The average Bonchev–Trinajstić information content (AvgIpc) is 2.47. The first-order valence-corrected chi connectivity index (χ1v) is 8.85. The zero-order valence-corrected chi connectivity index (χ0v) is 13.8. The molecular formula is C15H17BrN2O2S. The van der Waals surface area contributed by atoms with Crippen LogP contribution in [0.15, 0.2) is 57.9 Å². The fraction of sp³-hybridized carbons (Fsp3) is 0.200. The van der Waals surface area contributed by atoms with Gasteiger partial charge in [0, 0.05) is 11.0 Å². The summed E-state index contributed by atoms with van der Waals surface area (Å²) in [6, 6.07) is 14.8. The third-order valence-corrected chi connectivity index (χ3v) is 5.05. The molecule has 0 saturated carbocycles. The Labute approximate surface area is 133 Å². The molecule has 21 heavy (non-hydrogen) atoms. The molecule has 2 aromatic rings. The molecule has 0 unspecified atom stereocenters. The van der Waals surface area contributed by atoms with Crippen molar-refractivity contribution in [2.45, 2.75) is 17.7 Å². The van der Waals surface area contributed by atoms with Gasteiger partial charge in [-0.2, -0.15) is 0 Å². The molecular weight excluding hydrogens is 352 g/mol. The van der Waals surface area contributed by atoms with Crippen LogP contribution in [-0.2, 0) is 16.4 Å². The average molecular weight is 369 g/mol. The highest BCUT2D eigenvalue weighted by molar-refractivity contribution is 9.10. The molecule has 2 rings (SSSR count). The lowest BCUT2D eigenvalue weighted by Crippen LogP contribution is -2.26. The fourth-order valence-electron chi connectivity index (χ4n) is 1.96. The molecule has 112 valence electrons. The van der Waals surface area contributed by atoms with Crippen molar-refractivity contribution < 1.29 is 8.42 Å². The minimum absolute atomic E-state index is 0.108. The van der Waals surface area contributed by atoms with E-state index in [1.165, 1.54) is 11.6 Å². The summed E-state index contributed by atoms with van der Waals surface area (Å²) in [5.74, 6) is 0.